The Labute approximate surface area is 131 Å². The number of nitrogens with one attached hydrogen (secondary N) is 1. The number of hydrogen-bond acceptors (Lipinski definition) is 3. The minimum atomic E-state index is -0.134. The smallest absolute Gasteiger partial charge is 0.224 e. The highest BCUT2D eigenvalue weighted by Gasteiger charge is 2.45. The first-order valence-electron chi connectivity index (χ1n) is 6.96. The van der Waals surface area contributed by atoms with Gasteiger partial charge in [-0.1, -0.05) is 34.1 Å². The van der Waals surface area contributed by atoms with Gasteiger partial charge < -0.3 is 9.88 Å². The van der Waals surface area contributed by atoms with Crippen LogP contribution in [0.15, 0.2) is 35.1 Å². The lowest BCUT2D eigenvalue weighted by molar-refractivity contribution is -0.123. The number of amides is 1. The van der Waals surface area contributed by atoms with Crippen LogP contribution < -0.4 is 5.32 Å². The van der Waals surface area contributed by atoms with Crippen LogP contribution in [0.2, 0.25) is 0 Å². The third-order valence-electron chi connectivity index (χ3n) is 3.92. The molecule has 0 aliphatic heterocycles. The highest BCUT2D eigenvalue weighted by molar-refractivity contribution is 9.10. The Hall–Kier alpha value is -1.69. The van der Waals surface area contributed by atoms with Gasteiger partial charge in [0.05, 0.1) is 6.04 Å². The molecule has 0 saturated heterocycles. The molecule has 5 nitrogen and oxygen atoms in total. The highest BCUT2D eigenvalue weighted by Crippen LogP contribution is 2.49. The summed E-state index contributed by atoms with van der Waals surface area (Å²) in [5.74, 6) is 1.22. The van der Waals surface area contributed by atoms with Crippen LogP contribution in [0.4, 0.5) is 0 Å². The number of halogens is 1. The quantitative estimate of drug-likeness (QED) is 0.923. The molecular formula is C15H17BrN4O. The van der Waals surface area contributed by atoms with Crippen molar-refractivity contribution in [3.8, 4) is 0 Å². The van der Waals surface area contributed by atoms with Gasteiger partial charge in [-0.05, 0) is 30.9 Å². The summed E-state index contributed by atoms with van der Waals surface area (Å²) in [7, 11) is 1.87. The van der Waals surface area contributed by atoms with Crippen LogP contribution in [0, 0.1) is 5.92 Å². The predicted octanol–water partition coefficient (Wildman–Crippen LogP) is 2.56. The molecular weight excluding hydrogens is 332 g/mol. The Kier molecular flexibility index (Phi) is 3.80. The number of hydrogen-bond donors (Lipinski definition) is 1. The second-order valence-corrected chi connectivity index (χ2v) is 6.35. The third-order valence-corrected chi connectivity index (χ3v) is 4.65. The van der Waals surface area contributed by atoms with E-state index in [4.69, 9.17) is 0 Å². The standard InChI is InChI=1S/C15H17BrN4O/c1-9(14-19-17-8-20(14)2)18-15(21)12-7-11(12)10-5-3-4-6-13(10)16/h3-6,8-9,11-12H,7H2,1-2H3,(H,18,21). The Balaban J connectivity index is 1.63. The molecule has 3 unspecified atom stereocenters. The lowest BCUT2D eigenvalue weighted by Crippen LogP contribution is -2.30. The molecule has 1 N–H and O–H groups in total. The molecule has 3 rings (SSSR count). The number of carbonyl (C=O) groups excluding carboxylic acids is 1. The van der Waals surface area contributed by atoms with Crippen LogP contribution in [0.3, 0.4) is 0 Å². The highest BCUT2D eigenvalue weighted by atomic mass is 79.9. The summed E-state index contributed by atoms with van der Waals surface area (Å²) in [4.78, 5) is 12.3. The van der Waals surface area contributed by atoms with E-state index in [0.717, 1.165) is 16.7 Å². The fraction of sp³-hybridized carbons (Fsp3) is 0.400. The molecule has 1 amide bonds. The first kappa shape index (κ1) is 14.3. The molecule has 1 aliphatic carbocycles. The molecule has 1 saturated carbocycles. The first-order chi connectivity index (χ1) is 10.1. The maximum Gasteiger partial charge on any atom is 0.224 e. The fourth-order valence-corrected chi connectivity index (χ4v) is 3.25. The second kappa shape index (κ2) is 5.60. The van der Waals surface area contributed by atoms with Crippen molar-refractivity contribution in [1.29, 1.82) is 0 Å². The molecule has 1 heterocycles. The topological polar surface area (TPSA) is 59.8 Å². The summed E-state index contributed by atoms with van der Waals surface area (Å²) < 4.78 is 2.90. The van der Waals surface area contributed by atoms with Crippen molar-refractivity contribution in [2.75, 3.05) is 0 Å². The van der Waals surface area contributed by atoms with E-state index in [9.17, 15) is 4.79 Å². The number of rotatable bonds is 4. The average molecular weight is 349 g/mol. The zero-order chi connectivity index (χ0) is 15.0. The van der Waals surface area contributed by atoms with E-state index in [-0.39, 0.29) is 17.9 Å². The van der Waals surface area contributed by atoms with Crippen molar-refractivity contribution in [1.82, 2.24) is 20.1 Å². The second-order valence-electron chi connectivity index (χ2n) is 5.50. The summed E-state index contributed by atoms with van der Waals surface area (Å²) in [6.45, 7) is 1.93. The normalized spacial score (nSPS) is 21.9. The first-order valence-corrected chi connectivity index (χ1v) is 7.76. The maximum absolute atomic E-state index is 12.3. The van der Waals surface area contributed by atoms with E-state index < -0.39 is 0 Å². The number of aryl methyl sites for hydroxylation is 1. The molecule has 110 valence electrons. The van der Waals surface area contributed by atoms with Crippen LogP contribution >= 0.6 is 15.9 Å². The van der Waals surface area contributed by atoms with Crippen LogP contribution in [-0.2, 0) is 11.8 Å². The number of benzene rings is 1. The monoisotopic (exact) mass is 348 g/mol. The zero-order valence-electron chi connectivity index (χ0n) is 12.0. The fourth-order valence-electron chi connectivity index (χ4n) is 2.67. The lowest BCUT2D eigenvalue weighted by atomic mass is 10.1. The number of aromatic nitrogens is 3. The van der Waals surface area contributed by atoms with E-state index in [1.807, 2.05) is 36.7 Å². The van der Waals surface area contributed by atoms with Crippen molar-refractivity contribution >= 4 is 21.8 Å². The minimum Gasteiger partial charge on any atom is -0.346 e. The van der Waals surface area contributed by atoms with Crippen molar-refractivity contribution in [2.24, 2.45) is 13.0 Å². The maximum atomic E-state index is 12.3. The van der Waals surface area contributed by atoms with Gasteiger partial charge in [-0.15, -0.1) is 10.2 Å². The summed E-state index contributed by atoms with van der Waals surface area (Å²) in [5, 5.41) is 10.9. The third kappa shape index (κ3) is 2.85. The summed E-state index contributed by atoms with van der Waals surface area (Å²) >= 11 is 3.55. The van der Waals surface area contributed by atoms with Gasteiger partial charge in [0, 0.05) is 17.4 Å². The van der Waals surface area contributed by atoms with Crippen molar-refractivity contribution in [3.05, 3.63) is 46.5 Å². The molecule has 1 fully saturated rings. The number of nitrogens with zero attached hydrogens (tertiary/aromatic N) is 3. The predicted molar refractivity (Wildman–Crippen MR) is 82.6 cm³/mol. The average Bonchev–Trinajstić information content (AvgIpc) is 3.13. The number of carbonyl (C=O) groups is 1. The van der Waals surface area contributed by atoms with Gasteiger partial charge in [-0.25, -0.2) is 0 Å². The summed E-state index contributed by atoms with van der Waals surface area (Å²) in [5.41, 5.74) is 1.21. The molecule has 0 bridgehead atoms. The Bertz CT molecular complexity index is 669. The Morgan fingerprint density at radius 1 is 1.48 bits per heavy atom. The Morgan fingerprint density at radius 2 is 2.24 bits per heavy atom. The summed E-state index contributed by atoms with van der Waals surface area (Å²) in [6.07, 6.45) is 2.54. The van der Waals surface area contributed by atoms with Gasteiger partial charge in [0.1, 0.15) is 6.33 Å². The molecule has 1 aliphatic rings. The lowest BCUT2D eigenvalue weighted by Gasteiger charge is -2.13. The molecule has 2 aromatic rings. The van der Waals surface area contributed by atoms with Gasteiger partial charge in [0.2, 0.25) is 5.91 Å². The van der Waals surface area contributed by atoms with Crippen molar-refractivity contribution < 1.29 is 4.79 Å². The van der Waals surface area contributed by atoms with Gasteiger partial charge in [0.25, 0.3) is 0 Å². The van der Waals surface area contributed by atoms with Crippen LogP contribution in [0.25, 0.3) is 0 Å². The minimum absolute atomic E-state index is 0.0550. The van der Waals surface area contributed by atoms with Crippen LogP contribution in [0.5, 0.6) is 0 Å². The Morgan fingerprint density at radius 3 is 2.90 bits per heavy atom. The van der Waals surface area contributed by atoms with E-state index in [1.165, 1.54) is 5.56 Å². The molecule has 0 spiro atoms. The van der Waals surface area contributed by atoms with Gasteiger partial charge in [-0.2, -0.15) is 0 Å². The largest absolute Gasteiger partial charge is 0.346 e. The molecule has 1 aromatic carbocycles. The van der Waals surface area contributed by atoms with Crippen molar-refractivity contribution in [2.45, 2.75) is 25.3 Å². The molecule has 0 radical (unpaired) electrons. The molecule has 6 heteroatoms. The molecule has 3 atom stereocenters. The van der Waals surface area contributed by atoms with Crippen LogP contribution in [0.1, 0.15) is 36.7 Å². The van der Waals surface area contributed by atoms with Crippen LogP contribution in [-0.4, -0.2) is 20.7 Å². The SMILES string of the molecule is CC(NC(=O)C1CC1c1ccccc1Br)c1nncn1C. The molecule has 21 heavy (non-hydrogen) atoms. The summed E-state index contributed by atoms with van der Waals surface area (Å²) in [6, 6.07) is 7.96. The van der Waals surface area contributed by atoms with E-state index in [2.05, 4.69) is 37.5 Å². The molecule has 1 aromatic heterocycles. The van der Waals surface area contributed by atoms with E-state index >= 15 is 0 Å². The van der Waals surface area contributed by atoms with E-state index in [0.29, 0.717) is 5.92 Å². The van der Waals surface area contributed by atoms with Gasteiger partial charge in [0.15, 0.2) is 5.82 Å². The van der Waals surface area contributed by atoms with Gasteiger partial charge in [-0.3, -0.25) is 4.79 Å². The van der Waals surface area contributed by atoms with Gasteiger partial charge >= 0.3 is 0 Å². The zero-order valence-corrected chi connectivity index (χ0v) is 13.5. The van der Waals surface area contributed by atoms with Crippen molar-refractivity contribution in [3.63, 3.8) is 0 Å². The van der Waals surface area contributed by atoms with E-state index in [1.54, 1.807) is 6.33 Å².